The highest BCUT2D eigenvalue weighted by Gasteiger charge is 2.13. The van der Waals surface area contributed by atoms with Gasteiger partial charge in [0.05, 0.1) is 15.6 Å². The normalized spacial score (nSPS) is 10.7. The monoisotopic (exact) mass is 354 g/mol. The van der Waals surface area contributed by atoms with Gasteiger partial charge >= 0.3 is 0 Å². The van der Waals surface area contributed by atoms with Gasteiger partial charge in [-0.05, 0) is 24.3 Å². The van der Waals surface area contributed by atoms with E-state index in [1.54, 1.807) is 30.3 Å². The van der Waals surface area contributed by atoms with E-state index in [4.69, 9.17) is 44.0 Å². The van der Waals surface area contributed by atoms with Crippen LogP contribution in [0.5, 0.6) is 5.75 Å². The molecule has 3 rings (SSSR count). The van der Waals surface area contributed by atoms with E-state index >= 15 is 0 Å². The predicted molar refractivity (Wildman–Crippen MR) is 85.5 cm³/mol. The average molecular weight is 356 g/mol. The van der Waals surface area contributed by atoms with E-state index in [0.29, 0.717) is 38.2 Å². The van der Waals surface area contributed by atoms with Crippen LogP contribution in [0.3, 0.4) is 0 Å². The topological polar surface area (TPSA) is 48.2 Å². The first-order valence-corrected chi connectivity index (χ1v) is 7.42. The summed E-state index contributed by atoms with van der Waals surface area (Å²) in [5.74, 6) is 1.10. The number of nitrogens with zero attached hydrogens (tertiary/aromatic N) is 2. The van der Waals surface area contributed by atoms with Gasteiger partial charge in [-0.3, -0.25) is 0 Å². The molecule has 0 unspecified atom stereocenters. The first-order valence-electron chi connectivity index (χ1n) is 6.29. The van der Waals surface area contributed by atoms with Gasteiger partial charge in [0.1, 0.15) is 10.8 Å². The molecule has 0 aliphatic heterocycles. The lowest BCUT2D eigenvalue weighted by Crippen LogP contribution is -1.96. The number of benzene rings is 2. The van der Waals surface area contributed by atoms with Gasteiger partial charge in [0.15, 0.2) is 6.61 Å². The molecule has 0 fully saturated rings. The molecule has 4 nitrogen and oxygen atoms in total. The molecule has 0 bridgehead atoms. The number of hydrogen-bond acceptors (Lipinski definition) is 4. The number of ether oxygens (including phenoxy) is 1. The molecule has 0 atom stereocenters. The first kappa shape index (κ1) is 15.2. The van der Waals surface area contributed by atoms with Crippen LogP contribution in [-0.2, 0) is 6.61 Å². The molecule has 0 aliphatic carbocycles. The van der Waals surface area contributed by atoms with Crippen LogP contribution in [0.2, 0.25) is 15.1 Å². The second kappa shape index (κ2) is 6.57. The zero-order valence-corrected chi connectivity index (χ0v) is 13.4. The second-order valence-electron chi connectivity index (χ2n) is 4.32. The van der Waals surface area contributed by atoms with E-state index in [0.717, 1.165) is 0 Å². The van der Waals surface area contributed by atoms with Crippen LogP contribution in [0.1, 0.15) is 5.89 Å². The summed E-state index contributed by atoms with van der Waals surface area (Å²) >= 11 is 18.0. The molecule has 0 amide bonds. The van der Waals surface area contributed by atoms with Gasteiger partial charge in [-0.15, -0.1) is 10.2 Å². The van der Waals surface area contributed by atoms with Crippen molar-refractivity contribution < 1.29 is 9.15 Å². The van der Waals surface area contributed by atoms with Crippen molar-refractivity contribution in [1.29, 1.82) is 0 Å². The highest BCUT2D eigenvalue weighted by atomic mass is 35.5. The summed E-state index contributed by atoms with van der Waals surface area (Å²) in [6.07, 6.45) is 0. The molecule has 3 aromatic rings. The third-order valence-corrected chi connectivity index (χ3v) is 3.97. The van der Waals surface area contributed by atoms with Gasteiger partial charge in [0.2, 0.25) is 5.89 Å². The van der Waals surface area contributed by atoms with Crippen molar-refractivity contribution in [1.82, 2.24) is 10.2 Å². The zero-order chi connectivity index (χ0) is 15.5. The van der Waals surface area contributed by atoms with Gasteiger partial charge in [0.25, 0.3) is 5.89 Å². The summed E-state index contributed by atoms with van der Waals surface area (Å²) < 4.78 is 11.1. The maximum absolute atomic E-state index is 6.09. The Kier molecular flexibility index (Phi) is 4.52. The van der Waals surface area contributed by atoms with Crippen molar-refractivity contribution in [2.24, 2.45) is 0 Å². The van der Waals surface area contributed by atoms with E-state index in [2.05, 4.69) is 10.2 Å². The van der Waals surface area contributed by atoms with Crippen LogP contribution in [0.25, 0.3) is 11.5 Å². The number of rotatable bonds is 4. The van der Waals surface area contributed by atoms with E-state index < -0.39 is 0 Å². The van der Waals surface area contributed by atoms with Gasteiger partial charge in [-0.2, -0.15) is 0 Å². The molecule has 112 valence electrons. The van der Waals surface area contributed by atoms with Crippen molar-refractivity contribution in [3.63, 3.8) is 0 Å². The highest BCUT2D eigenvalue weighted by Crippen LogP contribution is 2.32. The van der Waals surface area contributed by atoms with Crippen LogP contribution in [0, 0.1) is 0 Å². The molecule has 0 saturated carbocycles. The second-order valence-corrected chi connectivity index (χ2v) is 5.51. The fourth-order valence-electron chi connectivity index (χ4n) is 1.79. The predicted octanol–water partition coefficient (Wildman–Crippen LogP) is 5.28. The van der Waals surface area contributed by atoms with E-state index in [1.807, 2.05) is 12.1 Å². The molecule has 0 saturated heterocycles. The Balaban J connectivity index is 1.75. The quantitative estimate of drug-likeness (QED) is 0.639. The molecule has 0 radical (unpaired) electrons. The van der Waals surface area contributed by atoms with E-state index in [1.165, 1.54) is 0 Å². The van der Waals surface area contributed by atoms with Gasteiger partial charge in [-0.25, -0.2) is 0 Å². The Labute approximate surface area is 141 Å². The highest BCUT2D eigenvalue weighted by molar-refractivity contribution is 6.42. The summed E-state index contributed by atoms with van der Waals surface area (Å²) in [5.41, 5.74) is 0.670. The van der Waals surface area contributed by atoms with Crippen LogP contribution in [0.15, 0.2) is 46.9 Å². The lowest BCUT2D eigenvalue weighted by molar-refractivity contribution is 0.264. The van der Waals surface area contributed by atoms with Crippen molar-refractivity contribution in [2.75, 3.05) is 0 Å². The van der Waals surface area contributed by atoms with Crippen LogP contribution >= 0.6 is 34.8 Å². The largest absolute Gasteiger partial charge is 0.482 e. The smallest absolute Gasteiger partial charge is 0.254 e. The van der Waals surface area contributed by atoms with Crippen LogP contribution in [-0.4, -0.2) is 10.2 Å². The Bertz CT molecular complexity index is 805. The standard InChI is InChI=1S/C15H9Cl3N2O2/c16-10-5-2-1-4-9(10)15-20-19-13(22-15)8-21-12-7-3-6-11(17)14(12)18/h1-7H,8H2. The Hall–Kier alpha value is -1.75. The molecule has 0 aliphatic rings. The first-order chi connectivity index (χ1) is 10.6. The Morgan fingerprint density at radius 2 is 1.68 bits per heavy atom. The van der Waals surface area contributed by atoms with E-state index in [9.17, 15) is 0 Å². The minimum atomic E-state index is 0.0809. The summed E-state index contributed by atoms with van der Waals surface area (Å²) in [6.45, 7) is 0.0809. The molecule has 2 aromatic carbocycles. The number of halogens is 3. The third kappa shape index (κ3) is 3.19. The fraction of sp³-hybridized carbons (Fsp3) is 0.0667. The summed E-state index contributed by atoms with van der Waals surface area (Å²) in [4.78, 5) is 0. The lowest BCUT2D eigenvalue weighted by Gasteiger charge is -2.06. The van der Waals surface area contributed by atoms with Crippen molar-refractivity contribution in [3.05, 3.63) is 63.4 Å². The van der Waals surface area contributed by atoms with Gasteiger partial charge in [-0.1, -0.05) is 53.0 Å². The van der Waals surface area contributed by atoms with Crippen molar-refractivity contribution >= 4 is 34.8 Å². The third-order valence-electron chi connectivity index (χ3n) is 2.84. The Morgan fingerprint density at radius 3 is 2.50 bits per heavy atom. The number of aromatic nitrogens is 2. The van der Waals surface area contributed by atoms with E-state index in [-0.39, 0.29) is 6.61 Å². The summed E-state index contributed by atoms with van der Waals surface area (Å²) in [7, 11) is 0. The zero-order valence-electron chi connectivity index (χ0n) is 11.1. The van der Waals surface area contributed by atoms with Crippen molar-refractivity contribution in [3.8, 4) is 17.2 Å². The maximum Gasteiger partial charge on any atom is 0.254 e. The number of hydrogen-bond donors (Lipinski definition) is 0. The molecular formula is C15H9Cl3N2O2. The minimum Gasteiger partial charge on any atom is -0.482 e. The fourth-order valence-corrected chi connectivity index (χ4v) is 2.35. The molecule has 0 spiro atoms. The van der Waals surface area contributed by atoms with Crippen LogP contribution in [0.4, 0.5) is 0 Å². The van der Waals surface area contributed by atoms with Crippen LogP contribution < -0.4 is 4.74 Å². The molecule has 1 aromatic heterocycles. The van der Waals surface area contributed by atoms with Crippen molar-refractivity contribution in [2.45, 2.75) is 6.61 Å². The molecule has 7 heteroatoms. The Morgan fingerprint density at radius 1 is 0.909 bits per heavy atom. The SMILES string of the molecule is Clc1ccccc1-c1nnc(COc2cccc(Cl)c2Cl)o1. The summed E-state index contributed by atoms with van der Waals surface area (Å²) in [6, 6.07) is 12.4. The van der Waals surface area contributed by atoms with Gasteiger partial charge < -0.3 is 9.15 Å². The molecule has 22 heavy (non-hydrogen) atoms. The summed E-state index contributed by atoms with van der Waals surface area (Å²) in [5, 5.41) is 9.18. The molecule has 1 heterocycles. The van der Waals surface area contributed by atoms with Gasteiger partial charge in [0, 0.05) is 0 Å². The maximum atomic E-state index is 6.09. The minimum absolute atomic E-state index is 0.0809. The lowest BCUT2D eigenvalue weighted by atomic mass is 10.2. The molecular weight excluding hydrogens is 347 g/mol. The average Bonchev–Trinajstić information content (AvgIpc) is 2.98. The molecule has 0 N–H and O–H groups in total.